The number of halogens is 1. The summed E-state index contributed by atoms with van der Waals surface area (Å²) in [5.41, 5.74) is 0.510. The lowest BCUT2D eigenvalue weighted by molar-refractivity contribution is 0.0873. The quantitative estimate of drug-likeness (QED) is 0.825. The van der Waals surface area contributed by atoms with Gasteiger partial charge < -0.3 is 10.4 Å². The van der Waals surface area contributed by atoms with E-state index in [2.05, 4.69) is 10.3 Å². The summed E-state index contributed by atoms with van der Waals surface area (Å²) in [6.07, 6.45) is 5.01. The Balaban J connectivity index is 1.82. The van der Waals surface area contributed by atoms with Crippen molar-refractivity contribution < 1.29 is 9.90 Å². The second-order valence-corrected chi connectivity index (χ2v) is 5.15. The highest BCUT2D eigenvalue weighted by Crippen LogP contribution is 2.23. The van der Waals surface area contributed by atoms with Gasteiger partial charge in [0.1, 0.15) is 5.15 Å². The molecule has 0 aliphatic heterocycles. The van der Waals surface area contributed by atoms with Crippen LogP contribution < -0.4 is 5.32 Å². The van der Waals surface area contributed by atoms with Crippen LogP contribution in [-0.4, -0.2) is 28.6 Å². The van der Waals surface area contributed by atoms with Crippen molar-refractivity contribution in [1.82, 2.24) is 10.3 Å². The first-order valence-corrected chi connectivity index (χ1v) is 6.61. The number of aliphatic hydroxyl groups excluding tert-OH is 1. The lowest BCUT2D eigenvalue weighted by Gasteiger charge is -2.25. The lowest BCUT2D eigenvalue weighted by Crippen LogP contribution is -2.33. The Labute approximate surface area is 111 Å². The molecule has 2 N–H and O–H groups in total. The third-order valence-corrected chi connectivity index (χ3v) is 3.52. The summed E-state index contributed by atoms with van der Waals surface area (Å²) in [5, 5.41) is 12.8. The van der Waals surface area contributed by atoms with Gasteiger partial charge in [-0.15, -0.1) is 0 Å². The molecule has 1 saturated carbocycles. The van der Waals surface area contributed by atoms with E-state index in [9.17, 15) is 9.90 Å². The molecule has 1 aliphatic carbocycles. The van der Waals surface area contributed by atoms with Crippen LogP contribution in [0.3, 0.4) is 0 Å². The summed E-state index contributed by atoms with van der Waals surface area (Å²) in [5.74, 6) is 0.234. The second-order valence-electron chi connectivity index (χ2n) is 4.77. The van der Waals surface area contributed by atoms with Crippen LogP contribution in [0.5, 0.6) is 0 Å². The first kappa shape index (κ1) is 13.3. The largest absolute Gasteiger partial charge is 0.393 e. The van der Waals surface area contributed by atoms with Crippen LogP contribution in [0.25, 0.3) is 0 Å². The van der Waals surface area contributed by atoms with Crippen molar-refractivity contribution in [2.45, 2.75) is 31.8 Å². The fraction of sp³-hybridized carbons (Fsp3) is 0.538. The second kappa shape index (κ2) is 6.16. The molecular weight excluding hydrogens is 252 g/mol. The smallest absolute Gasteiger partial charge is 0.252 e. The molecule has 2 atom stereocenters. The zero-order valence-corrected chi connectivity index (χ0v) is 10.9. The van der Waals surface area contributed by atoms with E-state index >= 15 is 0 Å². The Bertz CT molecular complexity index is 408. The third-order valence-electron chi connectivity index (χ3n) is 3.30. The molecule has 2 unspecified atom stereocenters. The maximum atomic E-state index is 11.8. The zero-order valence-electron chi connectivity index (χ0n) is 10.1. The molecule has 5 heteroatoms. The summed E-state index contributed by atoms with van der Waals surface area (Å²) in [7, 11) is 0. The summed E-state index contributed by atoms with van der Waals surface area (Å²) >= 11 is 5.66. The van der Waals surface area contributed by atoms with Crippen molar-refractivity contribution in [1.29, 1.82) is 0 Å². The zero-order chi connectivity index (χ0) is 13.0. The average molecular weight is 269 g/mol. The number of pyridine rings is 1. The molecular formula is C13H17ClN2O2. The molecule has 0 bridgehead atoms. The van der Waals surface area contributed by atoms with Crippen molar-refractivity contribution in [2.75, 3.05) is 6.54 Å². The highest BCUT2D eigenvalue weighted by molar-refractivity contribution is 6.29. The van der Waals surface area contributed by atoms with E-state index in [1.165, 1.54) is 6.20 Å². The third kappa shape index (κ3) is 3.68. The summed E-state index contributed by atoms with van der Waals surface area (Å²) in [6.45, 7) is 0.610. The number of hydrogen-bond acceptors (Lipinski definition) is 3. The van der Waals surface area contributed by atoms with Gasteiger partial charge in [0, 0.05) is 12.7 Å². The van der Waals surface area contributed by atoms with E-state index in [0.717, 1.165) is 25.7 Å². The SMILES string of the molecule is O=C(NCC1CCCC(O)C1)c1ccc(Cl)nc1. The van der Waals surface area contributed by atoms with Crippen LogP contribution >= 0.6 is 11.6 Å². The van der Waals surface area contributed by atoms with Gasteiger partial charge >= 0.3 is 0 Å². The number of aliphatic hydroxyl groups is 1. The highest BCUT2D eigenvalue weighted by Gasteiger charge is 2.20. The number of amides is 1. The molecule has 1 aliphatic rings. The van der Waals surface area contributed by atoms with Crippen molar-refractivity contribution in [3.8, 4) is 0 Å². The van der Waals surface area contributed by atoms with E-state index in [1.807, 2.05) is 0 Å². The standard InChI is InChI=1S/C13H17ClN2O2/c14-12-5-4-10(8-15-12)13(18)16-7-9-2-1-3-11(17)6-9/h4-5,8-9,11,17H,1-3,6-7H2,(H,16,18). The number of hydrogen-bond donors (Lipinski definition) is 2. The Kier molecular flexibility index (Phi) is 4.55. The number of carbonyl (C=O) groups is 1. The van der Waals surface area contributed by atoms with E-state index in [0.29, 0.717) is 23.2 Å². The Morgan fingerprint density at radius 2 is 2.33 bits per heavy atom. The molecule has 1 heterocycles. The van der Waals surface area contributed by atoms with Gasteiger partial charge in [0.05, 0.1) is 11.7 Å². The Hall–Kier alpha value is -1.13. The van der Waals surface area contributed by atoms with Crippen LogP contribution in [0.15, 0.2) is 18.3 Å². The molecule has 4 nitrogen and oxygen atoms in total. The summed E-state index contributed by atoms with van der Waals surface area (Å²) < 4.78 is 0. The van der Waals surface area contributed by atoms with Crippen LogP contribution in [0.2, 0.25) is 5.15 Å². The molecule has 2 rings (SSSR count). The van der Waals surface area contributed by atoms with E-state index < -0.39 is 0 Å². The normalized spacial score (nSPS) is 23.7. The first-order valence-electron chi connectivity index (χ1n) is 6.23. The number of rotatable bonds is 3. The van der Waals surface area contributed by atoms with E-state index in [-0.39, 0.29) is 12.0 Å². The minimum Gasteiger partial charge on any atom is -0.393 e. The molecule has 0 saturated heterocycles. The van der Waals surface area contributed by atoms with Gasteiger partial charge in [0.2, 0.25) is 0 Å². The molecule has 1 amide bonds. The molecule has 98 valence electrons. The predicted octanol–water partition coefficient (Wildman–Crippen LogP) is 2.02. The summed E-state index contributed by atoms with van der Waals surface area (Å²) in [4.78, 5) is 15.7. The predicted molar refractivity (Wildman–Crippen MR) is 69.5 cm³/mol. The molecule has 0 aromatic carbocycles. The number of carbonyl (C=O) groups excluding carboxylic acids is 1. The van der Waals surface area contributed by atoms with Gasteiger partial charge in [-0.25, -0.2) is 4.98 Å². The highest BCUT2D eigenvalue weighted by atomic mass is 35.5. The summed E-state index contributed by atoms with van der Waals surface area (Å²) in [6, 6.07) is 3.25. The van der Waals surface area contributed by atoms with E-state index in [1.54, 1.807) is 12.1 Å². The van der Waals surface area contributed by atoms with Gasteiger partial charge in [-0.1, -0.05) is 18.0 Å². The molecule has 18 heavy (non-hydrogen) atoms. The number of nitrogens with zero attached hydrogens (tertiary/aromatic N) is 1. The maximum absolute atomic E-state index is 11.8. The first-order chi connectivity index (χ1) is 8.65. The fourth-order valence-corrected chi connectivity index (χ4v) is 2.41. The van der Waals surface area contributed by atoms with Gasteiger partial charge in [-0.05, 0) is 37.3 Å². The molecule has 1 aromatic rings. The monoisotopic (exact) mass is 268 g/mol. The molecule has 0 radical (unpaired) electrons. The minimum atomic E-state index is -0.210. The van der Waals surface area contributed by atoms with Crippen LogP contribution in [0, 0.1) is 5.92 Å². The molecule has 0 spiro atoms. The van der Waals surface area contributed by atoms with Crippen LogP contribution in [0.4, 0.5) is 0 Å². The maximum Gasteiger partial charge on any atom is 0.252 e. The van der Waals surface area contributed by atoms with Crippen molar-refractivity contribution in [3.63, 3.8) is 0 Å². The number of nitrogens with one attached hydrogen (secondary N) is 1. The van der Waals surface area contributed by atoms with Gasteiger partial charge in [-0.3, -0.25) is 4.79 Å². The lowest BCUT2D eigenvalue weighted by atomic mass is 9.87. The van der Waals surface area contributed by atoms with Crippen molar-refractivity contribution >= 4 is 17.5 Å². The molecule has 1 aromatic heterocycles. The van der Waals surface area contributed by atoms with Gasteiger partial charge in [0.25, 0.3) is 5.91 Å². The topological polar surface area (TPSA) is 62.2 Å². The van der Waals surface area contributed by atoms with Crippen molar-refractivity contribution in [3.05, 3.63) is 29.0 Å². The number of aromatic nitrogens is 1. The van der Waals surface area contributed by atoms with Gasteiger partial charge in [-0.2, -0.15) is 0 Å². The molecule has 1 fully saturated rings. The Morgan fingerprint density at radius 3 is 3.00 bits per heavy atom. The van der Waals surface area contributed by atoms with Crippen LogP contribution in [0.1, 0.15) is 36.0 Å². The minimum absolute atomic E-state index is 0.140. The Morgan fingerprint density at radius 1 is 1.50 bits per heavy atom. The van der Waals surface area contributed by atoms with Crippen LogP contribution in [-0.2, 0) is 0 Å². The van der Waals surface area contributed by atoms with Gasteiger partial charge in [0.15, 0.2) is 0 Å². The average Bonchev–Trinajstić information content (AvgIpc) is 2.37. The van der Waals surface area contributed by atoms with Crippen molar-refractivity contribution in [2.24, 2.45) is 5.92 Å². The van der Waals surface area contributed by atoms with E-state index in [4.69, 9.17) is 11.6 Å². The fourth-order valence-electron chi connectivity index (χ4n) is 2.30.